The molecule has 7 nitrogen and oxygen atoms in total. The summed E-state index contributed by atoms with van der Waals surface area (Å²) in [7, 11) is 2.93. The van der Waals surface area contributed by atoms with E-state index in [9.17, 15) is 19.8 Å². The first-order chi connectivity index (χ1) is 14.3. The highest BCUT2D eigenvalue weighted by molar-refractivity contribution is 6.46. The van der Waals surface area contributed by atoms with E-state index in [1.54, 1.807) is 18.2 Å². The van der Waals surface area contributed by atoms with Gasteiger partial charge in [0.1, 0.15) is 5.76 Å². The Balaban J connectivity index is 2.22. The second-order valence-corrected chi connectivity index (χ2v) is 7.23. The summed E-state index contributed by atoms with van der Waals surface area (Å²) >= 11 is 0. The quantitative estimate of drug-likeness (QED) is 0.431. The monoisotopic (exact) mass is 411 g/mol. The van der Waals surface area contributed by atoms with Crippen molar-refractivity contribution < 1.29 is 29.3 Å². The zero-order valence-corrected chi connectivity index (χ0v) is 17.4. The molecule has 1 unspecified atom stereocenters. The smallest absolute Gasteiger partial charge is 0.295 e. The van der Waals surface area contributed by atoms with Crippen LogP contribution in [0.15, 0.2) is 42.0 Å². The number of methoxy groups -OCH3 is 2. The highest BCUT2D eigenvalue weighted by Gasteiger charge is 2.46. The Kier molecular flexibility index (Phi) is 6.12. The average Bonchev–Trinajstić information content (AvgIpc) is 2.98. The number of Topliss-reactive ketones (excluding diaryl/α,β-unsaturated/α-hetero) is 1. The first-order valence-electron chi connectivity index (χ1n) is 9.52. The number of carbonyl (C=O) groups is 2. The van der Waals surface area contributed by atoms with Crippen molar-refractivity contribution >= 4 is 17.4 Å². The number of phenolic OH excluding ortho intramolecular Hbond substituents is 1. The number of rotatable bonds is 6. The number of likely N-dealkylation sites (tertiary alicyclic amines) is 1. The standard InChI is InChI=1S/C23H25NO6/c1-13-5-6-14(2)16(11-13)21(26)19-20(15-7-8-18(30-4)17(25)12-15)24(9-10-29-3)23(28)22(19)27/h5-8,11-12,20,25-26H,9-10H2,1-4H3/b21-19+. The van der Waals surface area contributed by atoms with Gasteiger partial charge in [0.2, 0.25) is 0 Å². The minimum Gasteiger partial charge on any atom is -0.507 e. The molecule has 1 aliphatic rings. The van der Waals surface area contributed by atoms with Gasteiger partial charge >= 0.3 is 0 Å². The van der Waals surface area contributed by atoms with Crippen LogP contribution in [0.4, 0.5) is 0 Å². The molecule has 1 aliphatic heterocycles. The van der Waals surface area contributed by atoms with Crippen LogP contribution in [-0.2, 0) is 14.3 Å². The molecule has 1 saturated heterocycles. The van der Waals surface area contributed by atoms with E-state index in [4.69, 9.17) is 9.47 Å². The molecular weight excluding hydrogens is 386 g/mol. The lowest BCUT2D eigenvalue weighted by Crippen LogP contribution is -2.32. The summed E-state index contributed by atoms with van der Waals surface area (Å²) < 4.78 is 10.2. The van der Waals surface area contributed by atoms with Gasteiger partial charge in [0.15, 0.2) is 11.5 Å². The fourth-order valence-corrected chi connectivity index (χ4v) is 3.66. The molecule has 1 amide bonds. The second-order valence-electron chi connectivity index (χ2n) is 7.23. The lowest BCUT2D eigenvalue weighted by molar-refractivity contribution is -0.140. The highest BCUT2D eigenvalue weighted by Crippen LogP contribution is 2.42. The predicted octanol–water partition coefficient (Wildman–Crippen LogP) is 3.09. The van der Waals surface area contributed by atoms with Crippen molar-refractivity contribution in [2.75, 3.05) is 27.4 Å². The molecule has 1 atom stereocenters. The molecule has 0 aromatic heterocycles. The number of carbonyl (C=O) groups excluding carboxylic acids is 2. The number of phenols is 1. The first kappa shape index (κ1) is 21.4. The number of aromatic hydroxyl groups is 1. The van der Waals surface area contributed by atoms with Crippen LogP contribution in [0.1, 0.15) is 28.3 Å². The van der Waals surface area contributed by atoms with Crippen molar-refractivity contribution in [2.45, 2.75) is 19.9 Å². The third kappa shape index (κ3) is 3.76. The number of ketones is 1. The number of aryl methyl sites for hydroxylation is 2. The zero-order chi connectivity index (χ0) is 22.0. The largest absolute Gasteiger partial charge is 0.507 e. The molecule has 1 heterocycles. The number of amides is 1. The maximum atomic E-state index is 12.9. The average molecular weight is 411 g/mol. The van der Waals surface area contributed by atoms with Crippen LogP contribution in [0.2, 0.25) is 0 Å². The van der Waals surface area contributed by atoms with Crippen LogP contribution in [-0.4, -0.2) is 54.2 Å². The van der Waals surface area contributed by atoms with E-state index in [1.807, 2.05) is 26.0 Å². The van der Waals surface area contributed by atoms with Crippen LogP contribution >= 0.6 is 0 Å². The predicted molar refractivity (Wildman–Crippen MR) is 111 cm³/mol. The summed E-state index contributed by atoms with van der Waals surface area (Å²) in [6, 6.07) is 9.31. The van der Waals surface area contributed by atoms with Crippen molar-refractivity contribution in [1.82, 2.24) is 4.90 Å². The summed E-state index contributed by atoms with van der Waals surface area (Å²) in [5, 5.41) is 21.4. The maximum absolute atomic E-state index is 12.9. The molecule has 30 heavy (non-hydrogen) atoms. The Hall–Kier alpha value is -3.32. The molecule has 158 valence electrons. The number of aliphatic hydroxyl groups is 1. The van der Waals surface area contributed by atoms with Crippen molar-refractivity contribution in [1.29, 1.82) is 0 Å². The van der Waals surface area contributed by atoms with Crippen LogP contribution < -0.4 is 4.74 Å². The molecule has 2 N–H and O–H groups in total. The molecule has 0 spiro atoms. The van der Waals surface area contributed by atoms with Gasteiger partial charge in [0, 0.05) is 19.2 Å². The molecule has 0 saturated carbocycles. The lowest BCUT2D eigenvalue weighted by atomic mass is 9.93. The fraction of sp³-hybridized carbons (Fsp3) is 0.304. The number of benzene rings is 2. The summed E-state index contributed by atoms with van der Waals surface area (Å²) in [6.45, 7) is 4.08. The Morgan fingerprint density at radius 2 is 1.83 bits per heavy atom. The van der Waals surface area contributed by atoms with E-state index in [2.05, 4.69) is 0 Å². The number of nitrogens with zero attached hydrogens (tertiary/aromatic N) is 1. The number of hydrogen-bond acceptors (Lipinski definition) is 6. The van der Waals surface area contributed by atoms with Crippen molar-refractivity contribution in [2.24, 2.45) is 0 Å². The number of ether oxygens (including phenoxy) is 2. The first-order valence-corrected chi connectivity index (χ1v) is 9.52. The summed E-state index contributed by atoms with van der Waals surface area (Å²) in [5.74, 6) is -1.60. The van der Waals surface area contributed by atoms with Gasteiger partial charge in [0.05, 0.1) is 25.3 Å². The Labute approximate surface area is 175 Å². The summed E-state index contributed by atoms with van der Waals surface area (Å²) in [5.41, 5.74) is 2.64. The third-order valence-electron chi connectivity index (χ3n) is 5.24. The Morgan fingerprint density at radius 3 is 2.47 bits per heavy atom. The second kappa shape index (κ2) is 8.59. The Bertz CT molecular complexity index is 1030. The minimum absolute atomic E-state index is 0.0191. The van der Waals surface area contributed by atoms with Crippen molar-refractivity contribution in [3.63, 3.8) is 0 Å². The highest BCUT2D eigenvalue weighted by atomic mass is 16.5. The SMILES string of the molecule is COCCN1C(=O)C(=O)/C(=C(/O)c2cc(C)ccc2C)C1c1ccc(OC)c(O)c1. The van der Waals surface area contributed by atoms with E-state index in [1.165, 1.54) is 25.2 Å². The van der Waals surface area contributed by atoms with Crippen LogP contribution in [0.25, 0.3) is 5.76 Å². The topological polar surface area (TPSA) is 96.3 Å². The van der Waals surface area contributed by atoms with Gasteiger partial charge in [-0.05, 0) is 43.2 Å². The number of hydrogen-bond donors (Lipinski definition) is 2. The number of aliphatic hydroxyl groups excluding tert-OH is 1. The lowest BCUT2D eigenvalue weighted by Gasteiger charge is -2.25. The molecule has 1 fully saturated rings. The Morgan fingerprint density at radius 1 is 1.10 bits per heavy atom. The maximum Gasteiger partial charge on any atom is 0.295 e. The fourth-order valence-electron chi connectivity index (χ4n) is 3.66. The van der Waals surface area contributed by atoms with E-state index in [0.717, 1.165) is 11.1 Å². The molecule has 0 radical (unpaired) electrons. The van der Waals surface area contributed by atoms with Gasteiger partial charge in [-0.1, -0.05) is 23.8 Å². The van der Waals surface area contributed by atoms with Gasteiger partial charge in [-0.25, -0.2) is 0 Å². The molecule has 3 rings (SSSR count). The van der Waals surface area contributed by atoms with E-state index in [0.29, 0.717) is 11.1 Å². The van der Waals surface area contributed by atoms with E-state index in [-0.39, 0.29) is 36.0 Å². The summed E-state index contributed by atoms with van der Waals surface area (Å²) in [4.78, 5) is 27.1. The molecular formula is C23H25NO6. The minimum atomic E-state index is -0.864. The van der Waals surface area contributed by atoms with Crippen molar-refractivity contribution in [3.8, 4) is 11.5 Å². The van der Waals surface area contributed by atoms with E-state index < -0.39 is 17.7 Å². The van der Waals surface area contributed by atoms with Gasteiger partial charge < -0.3 is 24.6 Å². The molecule has 0 aliphatic carbocycles. The van der Waals surface area contributed by atoms with Crippen LogP contribution in [0.5, 0.6) is 11.5 Å². The van der Waals surface area contributed by atoms with Gasteiger partial charge in [-0.3, -0.25) is 9.59 Å². The van der Waals surface area contributed by atoms with E-state index >= 15 is 0 Å². The molecule has 2 aromatic carbocycles. The molecule has 2 aromatic rings. The van der Waals surface area contributed by atoms with Gasteiger partial charge in [-0.2, -0.15) is 0 Å². The normalized spacial score (nSPS) is 18.1. The van der Waals surface area contributed by atoms with Crippen molar-refractivity contribution in [3.05, 3.63) is 64.2 Å². The summed E-state index contributed by atoms with van der Waals surface area (Å²) in [6.07, 6.45) is 0. The molecule has 0 bridgehead atoms. The zero-order valence-electron chi connectivity index (χ0n) is 17.4. The van der Waals surface area contributed by atoms with Crippen LogP contribution in [0.3, 0.4) is 0 Å². The molecule has 7 heteroatoms. The van der Waals surface area contributed by atoms with Crippen LogP contribution in [0, 0.1) is 13.8 Å². The third-order valence-corrected chi connectivity index (χ3v) is 5.24. The van der Waals surface area contributed by atoms with Gasteiger partial charge in [0.25, 0.3) is 11.7 Å². The van der Waals surface area contributed by atoms with Gasteiger partial charge in [-0.15, -0.1) is 0 Å².